The molecular weight excluding hydrogens is 338 g/mol. The highest BCUT2D eigenvalue weighted by Crippen LogP contribution is 2.18. The van der Waals surface area contributed by atoms with Crippen LogP contribution in [-0.4, -0.2) is 25.3 Å². The average molecular weight is 353 g/mol. The summed E-state index contributed by atoms with van der Waals surface area (Å²) in [6.07, 6.45) is 3.50. The van der Waals surface area contributed by atoms with Crippen molar-refractivity contribution in [2.24, 2.45) is 0 Å². The van der Waals surface area contributed by atoms with Gasteiger partial charge in [0, 0.05) is 6.20 Å². The molecule has 5 rings (SSSR count). The zero-order chi connectivity index (χ0) is 18.2. The van der Waals surface area contributed by atoms with Gasteiger partial charge in [-0.25, -0.2) is 9.97 Å². The minimum atomic E-state index is -0.270. The van der Waals surface area contributed by atoms with Gasteiger partial charge >= 0.3 is 0 Å². The number of carbonyl (C=O) groups is 1. The predicted octanol–water partition coefficient (Wildman–Crippen LogP) is 3.36. The highest BCUT2D eigenvalue weighted by Gasteiger charge is 2.12. The van der Waals surface area contributed by atoms with Gasteiger partial charge in [-0.3, -0.25) is 9.78 Å². The van der Waals surface area contributed by atoms with E-state index in [2.05, 4.69) is 19.7 Å². The van der Waals surface area contributed by atoms with Crippen molar-refractivity contribution < 1.29 is 4.79 Å². The first kappa shape index (κ1) is 15.5. The zero-order valence-corrected chi connectivity index (χ0v) is 14.3. The van der Waals surface area contributed by atoms with Gasteiger partial charge < -0.3 is 9.72 Å². The molecule has 5 aromatic rings. The SMILES string of the molecule is O=C(NCc1nc2ccccc2n2cccc12)c1cnc2ccccc2n1. The molecule has 6 heteroatoms. The number of rotatable bonds is 3. The van der Waals surface area contributed by atoms with Gasteiger partial charge in [0.05, 0.1) is 46.0 Å². The number of nitrogens with one attached hydrogen (secondary N) is 1. The van der Waals surface area contributed by atoms with Crippen LogP contribution in [0.3, 0.4) is 0 Å². The van der Waals surface area contributed by atoms with Gasteiger partial charge in [0.2, 0.25) is 0 Å². The van der Waals surface area contributed by atoms with Crippen LogP contribution in [0, 0.1) is 0 Å². The molecule has 0 spiro atoms. The maximum atomic E-state index is 12.6. The van der Waals surface area contributed by atoms with E-state index in [9.17, 15) is 4.79 Å². The van der Waals surface area contributed by atoms with Crippen molar-refractivity contribution in [1.29, 1.82) is 0 Å². The van der Waals surface area contributed by atoms with E-state index < -0.39 is 0 Å². The lowest BCUT2D eigenvalue weighted by Gasteiger charge is -2.09. The molecule has 3 aromatic heterocycles. The molecule has 6 nitrogen and oxygen atoms in total. The number of hydrogen-bond acceptors (Lipinski definition) is 4. The van der Waals surface area contributed by atoms with Crippen molar-refractivity contribution in [3.8, 4) is 0 Å². The summed E-state index contributed by atoms with van der Waals surface area (Å²) in [4.78, 5) is 26.0. The van der Waals surface area contributed by atoms with E-state index in [0.29, 0.717) is 17.8 Å². The van der Waals surface area contributed by atoms with Crippen LogP contribution in [0.2, 0.25) is 0 Å². The standard InChI is InChI=1S/C21H15N5O/c27-21(18-13-22-14-6-1-2-7-15(14)24-18)23-12-17-20-10-5-11-26(20)19-9-4-3-8-16(19)25-17/h1-11,13H,12H2,(H,23,27). The molecule has 0 saturated carbocycles. The van der Waals surface area contributed by atoms with Gasteiger partial charge in [0.1, 0.15) is 5.69 Å². The van der Waals surface area contributed by atoms with Crippen molar-refractivity contribution in [3.05, 3.63) is 84.4 Å². The summed E-state index contributed by atoms with van der Waals surface area (Å²) in [6, 6.07) is 19.4. The number of para-hydroxylation sites is 4. The highest BCUT2D eigenvalue weighted by molar-refractivity contribution is 5.93. The van der Waals surface area contributed by atoms with Crippen LogP contribution < -0.4 is 5.32 Å². The third-order valence-corrected chi connectivity index (χ3v) is 4.54. The molecule has 0 bridgehead atoms. The van der Waals surface area contributed by atoms with E-state index in [1.807, 2.05) is 66.9 Å². The lowest BCUT2D eigenvalue weighted by Crippen LogP contribution is -2.25. The van der Waals surface area contributed by atoms with Crippen LogP contribution in [0.15, 0.2) is 73.1 Å². The lowest BCUT2D eigenvalue weighted by molar-refractivity contribution is 0.0945. The molecule has 0 radical (unpaired) electrons. The summed E-state index contributed by atoms with van der Waals surface area (Å²) in [5, 5.41) is 2.91. The van der Waals surface area contributed by atoms with E-state index in [1.54, 1.807) is 0 Å². The Balaban J connectivity index is 1.46. The van der Waals surface area contributed by atoms with Gasteiger partial charge in [0.25, 0.3) is 5.91 Å². The van der Waals surface area contributed by atoms with E-state index in [4.69, 9.17) is 4.98 Å². The Morgan fingerprint density at radius 3 is 2.48 bits per heavy atom. The molecule has 0 aliphatic carbocycles. The number of hydrogen-bond donors (Lipinski definition) is 1. The number of fused-ring (bicyclic) bond motifs is 4. The summed E-state index contributed by atoms with van der Waals surface area (Å²) in [7, 11) is 0. The maximum absolute atomic E-state index is 12.6. The monoisotopic (exact) mass is 353 g/mol. The molecule has 0 saturated heterocycles. The molecule has 130 valence electrons. The minimum absolute atomic E-state index is 0.270. The second-order valence-corrected chi connectivity index (χ2v) is 6.24. The number of amides is 1. The highest BCUT2D eigenvalue weighted by atomic mass is 16.1. The average Bonchev–Trinajstić information content (AvgIpc) is 3.22. The quantitative estimate of drug-likeness (QED) is 0.540. The fourth-order valence-electron chi connectivity index (χ4n) is 3.24. The molecule has 3 heterocycles. The third-order valence-electron chi connectivity index (χ3n) is 4.54. The smallest absolute Gasteiger partial charge is 0.271 e. The summed E-state index contributed by atoms with van der Waals surface area (Å²) in [5.74, 6) is -0.270. The molecule has 0 aliphatic rings. The van der Waals surface area contributed by atoms with Crippen molar-refractivity contribution >= 4 is 33.5 Å². The molecule has 2 aromatic carbocycles. The van der Waals surface area contributed by atoms with E-state index in [0.717, 1.165) is 27.8 Å². The Labute approximate surface area is 154 Å². The topological polar surface area (TPSA) is 72.2 Å². The number of benzene rings is 2. The molecule has 0 unspecified atom stereocenters. The second kappa shape index (κ2) is 6.17. The minimum Gasteiger partial charge on any atom is -0.345 e. The van der Waals surface area contributed by atoms with Gasteiger partial charge in [-0.05, 0) is 36.4 Å². The summed E-state index contributed by atoms with van der Waals surface area (Å²) < 4.78 is 2.08. The summed E-state index contributed by atoms with van der Waals surface area (Å²) in [6.45, 7) is 0.311. The molecule has 1 amide bonds. The fourth-order valence-corrected chi connectivity index (χ4v) is 3.24. The number of nitrogens with zero attached hydrogens (tertiary/aromatic N) is 4. The van der Waals surface area contributed by atoms with Gasteiger partial charge in [-0.1, -0.05) is 24.3 Å². The Bertz CT molecular complexity index is 1310. The summed E-state index contributed by atoms with van der Waals surface area (Å²) in [5.41, 5.74) is 5.45. The molecular formula is C21H15N5O. The third kappa shape index (κ3) is 2.67. The van der Waals surface area contributed by atoms with Crippen LogP contribution in [0.25, 0.3) is 27.6 Å². The lowest BCUT2D eigenvalue weighted by atomic mass is 10.2. The van der Waals surface area contributed by atoms with Crippen LogP contribution in [0.1, 0.15) is 16.2 Å². The van der Waals surface area contributed by atoms with Crippen LogP contribution in [-0.2, 0) is 6.54 Å². The molecule has 0 aliphatic heterocycles. The van der Waals surface area contributed by atoms with E-state index in [-0.39, 0.29) is 5.91 Å². The Morgan fingerprint density at radius 1 is 0.852 bits per heavy atom. The normalized spacial score (nSPS) is 11.3. The first-order chi connectivity index (χ1) is 13.3. The van der Waals surface area contributed by atoms with Crippen molar-refractivity contribution in [2.75, 3.05) is 0 Å². The number of carbonyl (C=O) groups excluding carboxylic acids is 1. The number of aromatic nitrogens is 4. The van der Waals surface area contributed by atoms with E-state index >= 15 is 0 Å². The van der Waals surface area contributed by atoms with Crippen LogP contribution >= 0.6 is 0 Å². The van der Waals surface area contributed by atoms with Crippen LogP contribution in [0.5, 0.6) is 0 Å². The Morgan fingerprint density at radius 2 is 1.59 bits per heavy atom. The van der Waals surface area contributed by atoms with Gasteiger partial charge in [0.15, 0.2) is 0 Å². The van der Waals surface area contributed by atoms with Crippen LogP contribution in [0.4, 0.5) is 0 Å². The van der Waals surface area contributed by atoms with Gasteiger partial charge in [-0.2, -0.15) is 0 Å². The van der Waals surface area contributed by atoms with Crippen molar-refractivity contribution in [3.63, 3.8) is 0 Å². The predicted molar refractivity (Wildman–Crippen MR) is 103 cm³/mol. The Kier molecular flexibility index (Phi) is 3.53. The van der Waals surface area contributed by atoms with E-state index in [1.165, 1.54) is 6.20 Å². The Hall–Kier alpha value is -3.80. The summed E-state index contributed by atoms with van der Waals surface area (Å²) >= 11 is 0. The first-order valence-corrected chi connectivity index (χ1v) is 8.64. The fraction of sp³-hybridized carbons (Fsp3) is 0.0476. The maximum Gasteiger partial charge on any atom is 0.271 e. The van der Waals surface area contributed by atoms with Gasteiger partial charge in [-0.15, -0.1) is 0 Å². The molecule has 0 atom stereocenters. The molecule has 27 heavy (non-hydrogen) atoms. The van der Waals surface area contributed by atoms with Crippen molar-refractivity contribution in [1.82, 2.24) is 24.7 Å². The second-order valence-electron chi connectivity index (χ2n) is 6.24. The van der Waals surface area contributed by atoms with Crippen molar-refractivity contribution in [2.45, 2.75) is 6.54 Å². The zero-order valence-electron chi connectivity index (χ0n) is 14.3. The molecule has 1 N–H and O–H groups in total. The largest absolute Gasteiger partial charge is 0.345 e. The first-order valence-electron chi connectivity index (χ1n) is 8.64. The molecule has 0 fully saturated rings.